The molecule has 4 aliphatic carbocycles. The molecule has 2 heterocycles. The van der Waals surface area contributed by atoms with E-state index in [0.29, 0.717) is 12.4 Å². The van der Waals surface area contributed by atoms with E-state index < -0.39 is 11.8 Å². The van der Waals surface area contributed by atoms with Gasteiger partial charge in [0.1, 0.15) is 0 Å². The van der Waals surface area contributed by atoms with Gasteiger partial charge in [0.2, 0.25) is 17.7 Å². The van der Waals surface area contributed by atoms with Gasteiger partial charge in [0, 0.05) is 55.1 Å². The summed E-state index contributed by atoms with van der Waals surface area (Å²) in [5.41, 5.74) is 5.24. The predicted octanol–water partition coefficient (Wildman–Crippen LogP) is 7.13. The minimum atomic E-state index is -2.74. The standard InChI is InChI=1S/C32H35F2N3O2/c1-22-16-26(7-15-35-22)31-11-8-30(9-12-31,10-13-31)21-37(29(38)25-19-32(33,34)20-25)27-5-3-4-23(17-27)24-6-14-36-28(18-24)39-2/h3-7,14-18,25H,8-13,19-21H2,1-2H3. The van der Waals surface area contributed by atoms with E-state index in [1.807, 2.05) is 54.4 Å². The highest BCUT2D eigenvalue weighted by Gasteiger charge is 2.53. The predicted molar refractivity (Wildman–Crippen MR) is 147 cm³/mol. The number of halogens is 2. The molecule has 5 nitrogen and oxygen atoms in total. The molecule has 0 atom stereocenters. The third-order valence-electron chi connectivity index (χ3n) is 9.54. The van der Waals surface area contributed by atoms with Crippen LogP contribution in [0.5, 0.6) is 5.88 Å². The van der Waals surface area contributed by atoms with Gasteiger partial charge in [0.05, 0.1) is 7.11 Å². The quantitative estimate of drug-likeness (QED) is 0.325. The highest BCUT2D eigenvalue weighted by atomic mass is 19.3. The van der Waals surface area contributed by atoms with E-state index in [1.165, 1.54) is 5.56 Å². The average molecular weight is 532 g/mol. The van der Waals surface area contributed by atoms with Gasteiger partial charge in [-0.25, -0.2) is 13.8 Å². The number of hydrogen-bond donors (Lipinski definition) is 0. The molecule has 1 amide bonds. The molecule has 3 aromatic rings. The van der Waals surface area contributed by atoms with Gasteiger partial charge in [0.15, 0.2) is 0 Å². The maximum atomic E-state index is 13.8. The second kappa shape index (κ2) is 9.68. The number of carbonyl (C=O) groups excluding carboxylic acids is 1. The fourth-order valence-corrected chi connectivity index (χ4v) is 7.05. The molecule has 204 valence electrons. The number of carbonyl (C=O) groups is 1. The summed E-state index contributed by atoms with van der Waals surface area (Å²) in [4.78, 5) is 24.2. The molecule has 7 rings (SSSR count). The molecule has 1 aromatic carbocycles. The van der Waals surface area contributed by atoms with Crippen LogP contribution in [-0.2, 0) is 10.2 Å². The number of nitrogens with zero attached hydrogens (tertiary/aromatic N) is 3. The Balaban J connectivity index is 1.28. The van der Waals surface area contributed by atoms with Crippen molar-refractivity contribution in [3.05, 3.63) is 72.2 Å². The molecule has 2 aromatic heterocycles. The van der Waals surface area contributed by atoms with Crippen LogP contribution in [0.3, 0.4) is 0 Å². The summed E-state index contributed by atoms with van der Waals surface area (Å²) >= 11 is 0. The summed E-state index contributed by atoms with van der Waals surface area (Å²) in [5.74, 6) is -3.03. The number of anilines is 1. The van der Waals surface area contributed by atoms with Crippen LogP contribution in [0.15, 0.2) is 60.9 Å². The molecule has 2 bridgehead atoms. The van der Waals surface area contributed by atoms with Crippen LogP contribution in [0.4, 0.5) is 14.5 Å². The number of methoxy groups -OCH3 is 1. The molecule has 0 spiro atoms. The van der Waals surface area contributed by atoms with Gasteiger partial charge in [0.25, 0.3) is 0 Å². The van der Waals surface area contributed by atoms with Crippen molar-refractivity contribution in [3.63, 3.8) is 0 Å². The van der Waals surface area contributed by atoms with E-state index in [4.69, 9.17) is 4.74 Å². The summed E-state index contributed by atoms with van der Waals surface area (Å²) in [6.45, 7) is 2.61. The van der Waals surface area contributed by atoms with E-state index in [1.54, 1.807) is 13.3 Å². The molecule has 4 saturated carbocycles. The lowest BCUT2D eigenvalue weighted by Crippen LogP contribution is -2.53. The van der Waals surface area contributed by atoms with Crippen molar-refractivity contribution < 1.29 is 18.3 Å². The van der Waals surface area contributed by atoms with Crippen LogP contribution in [-0.4, -0.2) is 35.5 Å². The molecule has 0 radical (unpaired) electrons. The summed E-state index contributed by atoms with van der Waals surface area (Å²) in [6.07, 6.45) is 9.21. The molecular weight excluding hydrogens is 496 g/mol. The smallest absolute Gasteiger partial charge is 0.249 e. The Bertz CT molecular complexity index is 1360. The lowest BCUT2D eigenvalue weighted by atomic mass is 9.51. The minimum absolute atomic E-state index is 0.00163. The number of fused-ring (bicyclic) bond motifs is 3. The van der Waals surface area contributed by atoms with Crippen molar-refractivity contribution in [2.45, 2.75) is 69.6 Å². The van der Waals surface area contributed by atoms with Crippen LogP contribution in [0.25, 0.3) is 11.1 Å². The van der Waals surface area contributed by atoms with E-state index in [2.05, 4.69) is 22.1 Å². The van der Waals surface area contributed by atoms with E-state index in [0.717, 1.165) is 61.0 Å². The summed E-state index contributed by atoms with van der Waals surface area (Å²) in [6, 6.07) is 16.0. The van der Waals surface area contributed by atoms with E-state index >= 15 is 0 Å². The zero-order valence-electron chi connectivity index (χ0n) is 22.6. The molecular formula is C32H35F2N3O2. The second-order valence-corrected chi connectivity index (χ2v) is 12.0. The third-order valence-corrected chi connectivity index (χ3v) is 9.54. The maximum absolute atomic E-state index is 13.8. The van der Waals surface area contributed by atoms with Gasteiger partial charge in [-0.15, -0.1) is 0 Å². The van der Waals surface area contributed by atoms with Gasteiger partial charge in [-0.1, -0.05) is 12.1 Å². The van der Waals surface area contributed by atoms with Crippen LogP contribution >= 0.6 is 0 Å². The first kappa shape index (κ1) is 25.9. The van der Waals surface area contributed by atoms with Crippen molar-refractivity contribution >= 4 is 11.6 Å². The number of benzene rings is 1. The number of pyridine rings is 2. The number of aryl methyl sites for hydroxylation is 1. The molecule has 4 fully saturated rings. The summed E-state index contributed by atoms with van der Waals surface area (Å²) < 4.78 is 32.9. The van der Waals surface area contributed by atoms with Gasteiger partial charge >= 0.3 is 0 Å². The van der Waals surface area contributed by atoms with Gasteiger partial charge < -0.3 is 9.64 Å². The molecule has 7 heteroatoms. The Kier molecular flexibility index (Phi) is 6.43. The zero-order chi connectivity index (χ0) is 27.3. The lowest BCUT2D eigenvalue weighted by molar-refractivity contribution is -0.148. The first-order valence-electron chi connectivity index (χ1n) is 13.9. The van der Waals surface area contributed by atoms with Crippen molar-refractivity contribution in [2.75, 3.05) is 18.6 Å². The van der Waals surface area contributed by atoms with Crippen LogP contribution < -0.4 is 9.64 Å². The van der Waals surface area contributed by atoms with Gasteiger partial charge in [-0.3, -0.25) is 9.78 Å². The van der Waals surface area contributed by atoms with Crippen molar-refractivity contribution in [3.8, 4) is 17.0 Å². The Morgan fingerprint density at radius 3 is 2.31 bits per heavy atom. The first-order valence-corrected chi connectivity index (χ1v) is 13.9. The SMILES string of the molecule is COc1cc(-c2cccc(N(CC34CCC(c5ccnc(C)c5)(CC3)CC4)C(=O)C3CC(F)(F)C3)c2)ccn1. The topological polar surface area (TPSA) is 55.3 Å². The Hall–Kier alpha value is -3.35. The number of aromatic nitrogens is 2. The number of alkyl halides is 2. The average Bonchev–Trinajstić information content (AvgIpc) is 2.95. The number of rotatable bonds is 7. The molecule has 0 unspecified atom stereocenters. The van der Waals surface area contributed by atoms with Crippen LogP contribution in [0, 0.1) is 18.3 Å². The van der Waals surface area contributed by atoms with Crippen molar-refractivity contribution in [2.24, 2.45) is 11.3 Å². The molecule has 4 aliphatic rings. The highest BCUT2D eigenvalue weighted by molar-refractivity contribution is 5.96. The Labute approximate surface area is 228 Å². The molecule has 0 aliphatic heterocycles. The number of hydrogen-bond acceptors (Lipinski definition) is 4. The summed E-state index contributed by atoms with van der Waals surface area (Å²) in [7, 11) is 1.58. The molecule has 0 saturated heterocycles. The molecule has 39 heavy (non-hydrogen) atoms. The fourth-order valence-electron chi connectivity index (χ4n) is 7.05. The van der Waals surface area contributed by atoms with Gasteiger partial charge in [-0.2, -0.15) is 0 Å². The van der Waals surface area contributed by atoms with Crippen molar-refractivity contribution in [1.29, 1.82) is 0 Å². The largest absolute Gasteiger partial charge is 0.481 e. The fraction of sp³-hybridized carbons (Fsp3) is 0.469. The molecule has 0 N–H and O–H groups in total. The lowest BCUT2D eigenvalue weighted by Gasteiger charge is -2.55. The first-order chi connectivity index (χ1) is 18.7. The normalized spacial score (nSPS) is 25.6. The highest BCUT2D eigenvalue weighted by Crippen LogP contribution is 2.58. The maximum Gasteiger partial charge on any atom is 0.249 e. The number of amides is 1. The Morgan fingerprint density at radius 2 is 1.64 bits per heavy atom. The Morgan fingerprint density at radius 1 is 0.949 bits per heavy atom. The monoisotopic (exact) mass is 531 g/mol. The minimum Gasteiger partial charge on any atom is -0.481 e. The van der Waals surface area contributed by atoms with Crippen LogP contribution in [0.1, 0.15) is 62.6 Å². The van der Waals surface area contributed by atoms with Crippen LogP contribution in [0.2, 0.25) is 0 Å². The van der Waals surface area contributed by atoms with Gasteiger partial charge in [-0.05, 0) is 103 Å². The third kappa shape index (κ3) is 4.92. The van der Waals surface area contributed by atoms with E-state index in [-0.39, 0.29) is 29.6 Å². The summed E-state index contributed by atoms with van der Waals surface area (Å²) in [5, 5.41) is 0. The second-order valence-electron chi connectivity index (χ2n) is 12.0. The zero-order valence-corrected chi connectivity index (χ0v) is 22.6. The van der Waals surface area contributed by atoms with Crippen molar-refractivity contribution in [1.82, 2.24) is 9.97 Å². The number of ether oxygens (including phenoxy) is 1. The van der Waals surface area contributed by atoms with E-state index in [9.17, 15) is 13.6 Å².